The lowest BCUT2D eigenvalue weighted by molar-refractivity contribution is 0.101. The number of pyridine rings is 1. The van der Waals surface area contributed by atoms with Crippen LogP contribution in [0.2, 0.25) is 0 Å². The van der Waals surface area contributed by atoms with Gasteiger partial charge in [-0.3, -0.25) is 4.98 Å². The molecule has 1 aliphatic heterocycles. The fraction of sp³-hybridized carbons (Fsp3) is 0.667. The molecule has 2 rings (SSSR count). The third kappa shape index (κ3) is 4.07. The molecular formula is C15H24N2O. The van der Waals surface area contributed by atoms with E-state index in [0.29, 0.717) is 12.1 Å². The van der Waals surface area contributed by atoms with Gasteiger partial charge in [-0.15, -0.1) is 0 Å². The van der Waals surface area contributed by atoms with Crippen LogP contribution in [0.15, 0.2) is 24.5 Å². The number of nitrogens with zero attached hydrogens (tertiary/aromatic N) is 1. The summed E-state index contributed by atoms with van der Waals surface area (Å²) >= 11 is 0. The zero-order chi connectivity index (χ0) is 12.6. The van der Waals surface area contributed by atoms with Crippen molar-refractivity contribution in [1.29, 1.82) is 0 Å². The minimum atomic E-state index is 0.458. The van der Waals surface area contributed by atoms with Crippen molar-refractivity contribution in [2.75, 3.05) is 13.2 Å². The highest BCUT2D eigenvalue weighted by molar-refractivity contribution is 5.14. The number of ether oxygens (including phenoxy) is 1. The molecule has 3 nitrogen and oxygen atoms in total. The van der Waals surface area contributed by atoms with Gasteiger partial charge in [-0.05, 0) is 56.3 Å². The number of rotatable bonds is 7. The van der Waals surface area contributed by atoms with Gasteiger partial charge in [0.1, 0.15) is 0 Å². The molecule has 1 fully saturated rings. The molecule has 0 radical (unpaired) electrons. The maximum absolute atomic E-state index is 5.67. The standard InChI is InChI=1S/C15H24N2O/c1-2-17-15(13-8-10-16-11-9-13)7-3-5-14-6-4-12-18-14/h8-11,14-15,17H,2-7,12H2,1H3. The second-order valence-corrected chi connectivity index (χ2v) is 4.96. The second-order valence-electron chi connectivity index (χ2n) is 4.96. The fourth-order valence-electron chi connectivity index (χ4n) is 2.65. The topological polar surface area (TPSA) is 34.1 Å². The Balaban J connectivity index is 1.79. The molecule has 0 spiro atoms. The predicted molar refractivity (Wildman–Crippen MR) is 73.5 cm³/mol. The van der Waals surface area contributed by atoms with E-state index in [4.69, 9.17) is 4.74 Å². The summed E-state index contributed by atoms with van der Waals surface area (Å²) in [5, 5.41) is 3.56. The third-order valence-electron chi connectivity index (χ3n) is 3.60. The minimum absolute atomic E-state index is 0.458. The first-order valence-electron chi connectivity index (χ1n) is 7.15. The molecule has 1 N–H and O–H groups in total. The maximum atomic E-state index is 5.67. The maximum Gasteiger partial charge on any atom is 0.0576 e. The van der Waals surface area contributed by atoms with E-state index in [-0.39, 0.29) is 0 Å². The highest BCUT2D eigenvalue weighted by atomic mass is 16.5. The Hall–Kier alpha value is -0.930. The van der Waals surface area contributed by atoms with E-state index < -0.39 is 0 Å². The van der Waals surface area contributed by atoms with Gasteiger partial charge >= 0.3 is 0 Å². The number of hydrogen-bond donors (Lipinski definition) is 1. The summed E-state index contributed by atoms with van der Waals surface area (Å²) in [5.41, 5.74) is 1.35. The summed E-state index contributed by atoms with van der Waals surface area (Å²) in [6, 6.07) is 4.68. The van der Waals surface area contributed by atoms with Crippen molar-refractivity contribution in [1.82, 2.24) is 10.3 Å². The van der Waals surface area contributed by atoms with Crippen LogP contribution in [-0.2, 0) is 4.74 Å². The molecule has 18 heavy (non-hydrogen) atoms. The van der Waals surface area contributed by atoms with Crippen LogP contribution in [0.1, 0.15) is 50.6 Å². The van der Waals surface area contributed by atoms with Gasteiger partial charge in [0.2, 0.25) is 0 Å². The average molecular weight is 248 g/mol. The van der Waals surface area contributed by atoms with E-state index in [9.17, 15) is 0 Å². The van der Waals surface area contributed by atoms with Crippen LogP contribution >= 0.6 is 0 Å². The first-order valence-corrected chi connectivity index (χ1v) is 7.15. The van der Waals surface area contributed by atoms with Crippen LogP contribution in [0.5, 0.6) is 0 Å². The molecule has 1 aromatic rings. The van der Waals surface area contributed by atoms with Crippen LogP contribution in [0.4, 0.5) is 0 Å². The Bertz CT molecular complexity index is 323. The molecule has 100 valence electrons. The van der Waals surface area contributed by atoms with Gasteiger partial charge < -0.3 is 10.1 Å². The van der Waals surface area contributed by atoms with Crippen LogP contribution in [0.3, 0.4) is 0 Å². The lowest BCUT2D eigenvalue weighted by atomic mass is 10.00. The number of hydrogen-bond acceptors (Lipinski definition) is 3. The molecular weight excluding hydrogens is 224 g/mol. The highest BCUT2D eigenvalue weighted by Gasteiger charge is 2.16. The third-order valence-corrected chi connectivity index (χ3v) is 3.60. The zero-order valence-electron chi connectivity index (χ0n) is 11.3. The van der Waals surface area contributed by atoms with Crippen LogP contribution < -0.4 is 5.32 Å². The van der Waals surface area contributed by atoms with E-state index in [1.165, 1.54) is 37.7 Å². The normalized spacial score (nSPS) is 21.1. The molecule has 2 heterocycles. The zero-order valence-corrected chi connectivity index (χ0v) is 11.3. The molecule has 1 saturated heterocycles. The van der Waals surface area contributed by atoms with Crippen molar-refractivity contribution in [3.05, 3.63) is 30.1 Å². The van der Waals surface area contributed by atoms with Gasteiger partial charge in [-0.25, -0.2) is 0 Å². The summed E-state index contributed by atoms with van der Waals surface area (Å²) in [6.45, 7) is 4.13. The smallest absolute Gasteiger partial charge is 0.0576 e. The largest absolute Gasteiger partial charge is 0.378 e. The monoisotopic (exact) mass is 248 g/mol. The van der Waals surface area contributed by atoms with Crippen LogP contribution in [-0.4, -0.2) is 24.2 Å². The molecule has 0 saturated carbocycles. The molecule has 0 amide bonds. The van der Waals surface area contributed by atoms with Crippen LogP contribution in [0, 0.1) is 0 Å². The number of nitrogens with one attached hydrogen (secondary N) is 1. The summed E-state index contributed by atoms with van der Waals surface area (Å²) in [6.07, 6.45) is 10.4. The Kier molecular flexibility index (Phi) is 5.62. The lowest BCUT2D eigenvalue weighted by Crippen LogP contribution is -2.21. The Morgan fingerprint density at radius 1 is 1.44 bits per heavy atom. The van der Waals surface area contributed by atoms with E-state index >= 15 is 0 Å². The minimum Gasteiger partial charge on any atom is -0.378 e. The van der Waals surface area contributed by atoms with Gasteiger partial charge in [-0.1, -0.05) is 6.92 Å². The Morgan fingerprint density at radius 2 is 2.28 bits per heavy atom. The summed E-state index contributed by atoms with van der Waals surface area (Å²) in [7, 11) is 0. The van der Waals surface area contributed by atoms with Crippen molar-refractivity contribution in [3.63, 3.8) is 0 Å². The van der Waals surface area contributed by atoms with Crippen molar-refractivity contribution < 1.29 is 4.74 Å². The van der Waals surface area contributed by atoms with E-state index in [1.807, 2.05) is 12.4 Å². The van der Waals surface area contributed by atoms with Gasteiger partial charge in [0.05, 0.1) is 6.10 Å². The fourth-order valence-corrected chi connectivity index (χ4v) is 2.65. The van der Waals surface area contributed by atoms with Crippen molar-refractivity contribution in [2.24, 2.45) is 0 Å². The van der Waals surface area contributed by atoms with Crippen LogP contribution in [0.25, 0.3) is 0 Å². The van der Waals surface area contributed by atoms with Crippen molar-refractivity contribution in [3.8, 4) is 0 Å². The van der Waals surface area contributed by atoms with Gasteiger partial charge in [0.15, 0.2) is 0 Å². The summed E-state index contributed by atoms with van der Waals surface area (Å²) < 4.78 is 5.67. The Labute approximate surface area is 110 Å². The average Bonchev–Trinajstić information content (AvgIpc) is 2.92. The molecule has 0 bridgehead atoms. The first kappa shape index (κ1) is 13.5. The summed E-state index contributed by atoms with van der Waals surface area (Å²) in [4.78, 5) is 4.08. The Morgan fingerprint density at radius 3 is 2.94 bits per heavy atom. The molecule has 2 atom stereocenters. The SMILES string of the molecule is CCNC(CCCC1CCCO1)c1ccncc1. The molecule has 2 unspecified atom stereocenters. The summed E-state index contributed by atoms with van der Waals surface area (Å²) in [5.74, 6) is 0. The van der Waals surface area contributed by atoms with E-state index in [0.717, 1.165) is 13.2 Å². The molecule has 3 heteroatoms. The van der Waals surface area contributed by atoms with E-state index in [2.05, 4.69) is 29.4 Å². The van der Waals surface area contributed by atoms with E-state index in [1.54, 1.807) is 0 Å². The predicted octanol–water partition coefficient (Wildman–Crippen LogP) is 3.08. The van der Waals surface area contributed by atoms with Gasteiger partial charge in [0.25, 0.3) is 0 Å². The lowest BCUT2D eigenvalue weighted by Gasteiger charge is -2.19. The van der Waals surface area contributed by atoms with Gasteiger partial charge in [-0.2, -0.15) is 0 Å². The highest BCUT2D eigenvalue weighted by Crippen LogP contribution is 2.22. The molecule has 1 aliphatic rings. The first-order chi connectivity index (χ1) is 8.90. The molecule has 0 aliphatic carbocycles. The number of aromatic nitrogens is 1. The molecule has 1 aromatic heterocycles. The van der Waals surface area contributed by atoms with Crippen molar-refractivity contribution >= 4 is 0 Å². The second kappa shape index (κ2) is 7.49. The molecule has 0 aromatic carbocycles. The van der Waals surface area contributed by atoms with Gasteiger partial charge in [0, 0.05) is 25.0 Å². The quantitative estimate of drug-likeness (QED) is 0.805. The van der Waals surface area contributed by atoms with Crippen molar-refractivity contribution in [2.45, 2.75) is 51.2 Å².